The second-order valence-corrected chi connectivity index (χ2v) is 7.94. The molecule has 6 heteroatoms. The summed E-state index contributed by atoms with van der Waals surface area (Å²) in [5.41, 5.74) is 1.96. The third-order valence-corrected chi connectivity index (χ3v) is 6.13. The minimum atomic E-state index is -1.23. The van der Waals surface area contributed by atoms with Gasteiger partial charge in [0.25, 0.3) is 0 Å². The van der Waals surface area contributed by atoms with E-state index >= 15 is 0 Å². The van der Waals surface area contributed by atoms with E-state index in [4.69, 9.17) is 0 Å². The Bertz CT molecular complexity index is 795. The number of carbonyl (C=O) groups is 2. The molecule has 1 N–H and O–H groups in total. The summed E-state index contributed by atoms with van der Waals surface area (Å²) >= 11 is 0. The molecular weight excluding hydrogens is 348 g/mol. The maximum absolute atomic E-state index is 12.6. The Morgan fingerprint density at radius 3 is 2.27 bits per heavy atom. The van der Waals surface area contributed by atoms with Crippen LogP contribution in [-0.2, 0) is 32.7 Å². The fourth-order valence-corrected chi connectivity index (χ4v) is 4.58. The first kappa shape index (κ1) is 18.3. The Hall–Kier alpha value is -2.47. The highest BCUT2D eigenvalue weighted by atomic mass is 32.2. The fraction of sp³-hybridized carbons (Fsp3) is 0.300. The monoisotopic (exact) mass is 370 g/mol. The molecule has 0 saturated carbocycles. The Morgan fingerprint density at radius 2 is 1.69 bits per heavy atom. The van der Waals surface area contributed by atoms with Gasteiger partial charge in [0.1, 0.15) is 11.4 Å². The van der Waals surface area contributed by atoms with Crippen LogP contribution in [0, 0.1) is 0 Å². The predicted molar refractivity (Wildman–Crippen MR) is 101 cm³/mol. The molecule has 1 aliphatic heterocycles. The zero-order valence-corrected chi connectivity index (χ0v) is 15.4. The molecule has 2 aromatic rings. The molecule has 0 spiro atoms. The van der Waals surface area contributed by atoms with Crippen molar-refractivity contribution in [3.8, 4) is 0 Å². The van der Waals surface area contributed by atoms with E-state index in [0.717, 1.165) is 11.1 Å². The highest BCUT2D eigenvalue weighted by molar-refractivity contribution is 7.85. The molecule has 3 unspecified atom stereocenters. The number of likely N-dealkylation sites (tertiary alicyclic amines) is 1. The van der Waals surface area contributed by atoms with Crippen LogP contribution in [0.5, 0.6) is 0 Å². The van der Waals surface area contributed by atoms with Gasteiger partial charge in [-0.05, 0) is 18.1 Å². The molecule has 0 radical (unpaired) electrons. The lowest BCUT2D eigenvalue weighted by Gasteiger charge is -2.42. The van der Waals surface area contributed by atoms with Crippen molar-refractivity contribution < 1.29 is 13.8 Å². The molecule has 5 nitrogen and oxygen atoms in total. The van der Waals surface area contributed by atoms with E-state index in [-0.39, 0.29) is 18.2 Å². The number of carbonyl (C=O) groups excluding carboxylic acids is 2. The maximum Gasteiger partial charge on any atom is 0.242 e. The van der Waals surface area contributed by atoms with Crippen LogP contribution in [0.2, 0.25) is 0 Å². The molecule has 0 aromatic heterocycles. The van der Waals surface area contributed by atoms with Crippen LogP contribution in [-0.4, -0.2) is 32.3 Å². The van der Waals surface area contributed by atoms with Gasteiger partial charge in [-0.15, -0.1) is 0 Å². The molecule has 26 heavy (non-hydrogen) atoms. The van der Waals surface area contributed by atoms with Gasteiger partial charge < -0.3 is 10.2 Å². The van der Waals surface area contributed by atoms with Crippen LogP contribution in [0.15, 0.2) is 60.7 Å². The molecular formula is C20H22N2O3S. The average molecular weight is 370 g/mol. The van der Waals surface area contributed by atoms with Crippen molar-refractivity contribution in [3.05, 3.63) is 71.8 Å². The SMILES string of the molecule is CC(C(=O)NCc1ccccc1)N1C(=O)CC1S(=O)Cc1ccccc1. The molecule has 136 valence electrons. The predicted octanol–water partition coefficient (Wildman–Crippen LogP) is 2.20. The van der Waals surface area contributed by atoms with Crippen molar-refractivity contribution in [1.82, 2.24) is 10.2 Å². The molecule has 3 atom stereocenters. The minimum Gasteiger partial charge on any atom is -0.350 e. The third kappa shape index (κ3) is 4.19. The van der Waals surface area contributed by atoms with E-state index in [1.165, 1.54) is 4.90 Å². The van der Waals surface area contributed by atoms with E-state index in [1.807, 2.05) is 60.7 Å². The van der Waals surface area contributed by atoms with Gasteiger partial charge in [-0.25, -0.2) is 0 Å². The molecule has 1 aliphatic rings. The summed E-state index contributed by atoms with van der Waals surface area (Å²) in [7, 11) is -1.23. The van der Waals surface area contributed by atoms with Gasteiger partial charge >= 0.3 is 0 Å². The van der Waals surface area contributed by atoms with Gasteiger partial charge in [0.05, 0.1) is 12.2 Å². The molecule has 1 heterocycles. The smallest absolute Gasteiger partial charge is 0.242 e. The van der Waals surface area contributed by atoms with Crippen LogP contribution >= 0.6 is 0 Å². The van der Waals surface area contributed by atoms with Crippen molar-refractivity contribution in [2.75, 3.05) is 0 Å². The van der Waals surface area contributed by atoms with Crippen molar-refractivity contribution in [2.24, 2.45) is 0 Å². The van der Waals surface area contributed by atoms with E-state index in [9.17, 15) is 13.8 Å². The summed E-state index contributed by atoms with van der Waals surface area (Å²) in [4.78, 5) is 25.9. The number of rotatable bonds is 7. The third-order valence-electron chi connectivity index (χ3n) is 4.51. The van der Waals surface area contributed by atoms with Crippen molar-refractivity contribution >= 4 is 22.6 Å². The summed E-state index contributed by atoms with van der Waals surface area (Å²) in [6, 6.07) is 18.5. The first-order valence-corrected chi connectivity index (χ1v) is 9.98. The van der Waals surface area contributed by atoms with Gasteiger partial charge in [0, 0.05) is 17.3 Å². The van der Waals surface area contributed by atoms with E-state index in [1.54, 1.807) is 6.92 Å². The second-order valence-electron chi connectivity index (χ2n) is 6.35. The molecule has 2 aromatic carbocycles. The Morgan fingerprint density at radius 1 is 1.12 bits per heavy atom. The lowest BCUT2D eigenvalue weighted by Crippen LogP contribution is -2.62. The summed E-state index contributed by atoms with van der Waals surface area (Å²) in [6.45, 7) is 2.09. The van der Waals surface area contributed by atoms with Crippen molar-refractivity contribution in [2.45, 2.75) is 37.1 Å². The largest absolute Gasteiger partial charge is 0.350 e. The Balaban J connectivity index is 1.58. The summed E-state index contributed by atoms with van der Waals surface area (Å²) in [5, 5.41) is 2.44. The number of amides is 2. The molecule has 1 fully saturated rings. The summed E-state index contributed by atoms with van der Waals surface area (Å²) in [5.74, 6) is 0.0237. The average Bonchev–Trinajstić information content (AvgIpc) is 2.65. The van der Waals surface area contributed by atoms with Crippen LogP contribution in [0.3, 0.4) is 0 Å². The minimum absolute atomic E-state index is 0.126. The van der Waals surface area contributed by atoms with Crippen molar-refractivity contribution in [3.63, 3.8) is 0 Å². The number of hydrogen-bond acceptors (Lipinski definition) is 3. The highest BCUT2D eigenvalue weighted by Crippen LogP contribution is 2.27. The summed E-state index contributed by atoms with van der Waals surface area (Å²) < 4.78 is 12.6. The van der Waals surface area contributed by atoms with Gasteiger partial charge in [0.15, 0.2) is 0 Å². The number of hydrogen-bond donors (Lipinski definition) is 1. The van der Waals surface area contributed by atoms with Crippen LogP contribution in [0.25, 0.3) is 0 Å². The van der Waals surface area contributed by atoms with Gasteiger partial charge in [-0.3, -0.25) is 13.8 Å². The normalized spacial score (nSPS) is 18.7. The van der Waals surface area contributed by atoms with E-state index < -0.39 is 22.2 Å². The quantitative estimate of drug-likeness (QED) is 0.760. The number of nitrogens with zero attached hydrogens (tertiary/aromatic N) is 1. The van der Waals surface area contributed by atoms with Gasteiger partial charge in [-0.2, -0.15) is 0 Å². The lowest BCUT2D eigenvalue weighted by atomic mass is 10.1. The molecule has 0 bridgehead atoms. The van der Waals surface area contributed by atoms with Crippen LogP contribution in [0.1, 0.15) is 24.5 Å². The Labute approximate surface area is 155 Å². The van der Waals surface area contributed by atoms with E-state index in [0.29, 0.717) is 12.3 Å². The fourth-order valence-electron chi connectivity index (χ4n) is 2.98. The van der Waals surface area contributed by atoms with Gasteiger partial charge in [0.2, 0.25) is 11.8 Å². The number of nitrogens with one attached hydrogen (secondary N) is 1. The van der Waals surface area contributed by atoms with E-state index in [2.05, 4.69) is 5.32 Å². The van der Waals surface area contributed by atoms with Crippen LogP contribution in [0.4, 0.5) is 0 Å². The Kier molecular flexibility index (Phi) is 5.83. The number of β-lactam (4-membered cyclic amide) rings is 1. The standard InChI is InChI=1S/C20H22N2O3S/c1-15(20(24)21-13-16-8-4-2-5-9-16)22-18(23)12-19(22)26(25)14-17-10-6-3-7-11-17/h2-11,15,19H,12-14H2,1H3,(H,21,24). The topological polar surface area (TPSA) is 66.5 Å². The maximum atomic E-state index is 12.6. The van der Waals surface area contributed by atoms with Crippen LogP contribution < -0.4 is 5.32 Å². The molecule has 3 rings (SSSR count). The highest BCUT2D eigenvalue weighted by Gasteiger charge is 2.44. The van der Waals surface area contributed by atoms with Gasteiger partial charge in [-0.1, -0.05) is 60.7 Å². The first-order chi connectivity index (χ1) is 12.6. The lowest BCUT2D eigenvalue weighted by molar-refractivity contribution is -0.150. The van der Waals surface area contributed by atoms with Crippen molar-refractivity contribution in [1.29, 1.82) is 0 Å². The number of benzene rings is 2. The molecule has 1 saturated heterocycles. The molecule has 0 aliphatic carbocycles. The zero-order valence-electron chi connectivity index (χ0n) is 14.6. The second kappa shape index (κ2) is 8.27. The zero-order chi connectivity index (χ0) is 18.5. The summed E-state index contributed by atoms with van der Waals surface area (Å²) in [6.07, 6.45) is 0.232. The first-order valence-electron chi connectivity index (χ1n) is 8.60. The molecule has 2 amide bonds.